The van der Waals surface area contributed by atoms with E-state index in [2.05, 4.69) is 20.9 Å². The zero-order valence-electron chi connectivity index (χ0n) is 15.3. The smallest absolute Gasteiger partial charge is 0.293 e. The number of Topliss-reactive ketones (excluding diaryl/α,β-unsaturated/α-hetero) is 1. The van der Waals surface area contributed by atoms with Crippen molar-refractivity contribution in [1.29, 1.82) is 0 Å². The van der Waals surface area contributed by atoms with Crippen LogP contribution in [0.5, 0.6) is 0 Å². The fraction of sp³-hybridized carbons (Fsp3) is 0.150. The minimum Gasteiger partial charge on any atom is -0.293 e. The third-order valence-electron chi connectivity index (χ3n) is 4.34. The van der Waals surface area contributed by atoms with Gasteiger partial charge in [0.25, 0.3) is 0 Å². The van der Waals surface area contributed by atoms with Crippen molar-refractivity contribution >= 4 is 61.6 Å². The van der Waals surface area contributed by atoms with Gasteiger partial charge in [0.05, 0.1) is 27.0 Å². The number of rotatable bonds is 4. The number of halogens is 9. The molecule has 0 saturated carbocycles. The molecule has 1 heterocycles. The molecule has 0 atom stereocenters. The molecule has 3 nitrogen and oxygen atoms in total. The Kier molecular flexibility index (Phi) is 6.61. The molecule has 0 amide bonds. The molecule has 1 aromatic heterocycles. The molecule has 0 aliphatic carbocycles. The first kappa shape index (κ1) is 24.5. The summed E-state index contributed by atoms with van der Waals surface area (Å²) in [5, 5.41) is 0.0695. The Balaban J connectivity index is 2.28. The Labute approximate surface area is 194 Å². The second kappa shape index (κ2) is 8.64. The highest BCUT2D eigenvalue weighted by molar-refractivity contribution is 9.09. The molecule has 0 fully saturated rings. The molecule has 0 aliphatic heterocycles. The number of aromatic nitrogens is 1. The Morgan fingerprint density at radius 3 is 1.94 bits per heavy atom. The molecule has 3 rings (SSSR count). The fourth-order valence-corrected chi connectivity index (χ4v) is 3.74. The Bertz CT molecular complexity index is 1230. The quantitative estimate of drug-likeness (QED) is 0.190. The summed E-state index contributed by atoms with van der Waals surface area (Å²) in [6.07, 6.45) is -10.3. The maximum Gasteiger partial charge on any atom is 0.416 e. The molecule has 0 radical (unpaired) electrons. The summed E-state index contributed by atoms with van der Waals surface area (Å²) in [5.41, 5.74) is -4.91. The van der Waals surface area contributed by atoms with Gasteiger partial charge in [-0.3, -0.25) is 9.59 Å². The van der Waals surface area contributed by atoms with E-state index in [0.29, 0.717) is 12.1 Å². The minimum absolute atomic E-state index is 0.0609. The van der Waals surface area contributed by atoms with Crippen LogP contribution in [0.15, 0.2) is 36.4 Å². The van der Waals surface area contributed by atoms with Gasteiger partial charge in [-0.15, -0.1) is 0 Å². The summed E-state index contributed by atoms with van der Waals surface area (Å²) >= 11 is 15.0. The van der Waals surface area contributed by atoms with Gasteiger partial charge >= 0.3 is 12.4 Å². The molecule has 0 saturated heterocycles. The normalized spacial score (nSPS) is 12.3. The van der Waals surface area contributed by atoms with Gasteiger partial charge in [0, 0.05) is 21.5 Å². The first-order chi connectivity index (χ1) is 14.7. The predicted molar refractivity (Wildman–Crippen MR) is 110 cm³/mol. The number of ketones is 2. The van der Waals surface area contributed by atoms with E-state index in [1.807, 2.05) is 0 Å². The van der Waals surface area contributed by atoms with Gasteiger partial charge in [0.1, 0.15) is 5.69 Å². The van der Waals surface area contributed by atoms with Gasteiger partial charge in [0.15, 0.2) is 5.78 Å². The van der Waals surface area contributed by atoms with Crippen molar-refractivity contribution < 1.29 is 35.9 Å². The predicted octanol–water partition coefficient (Wildman–Crippen LogP) is 7.39. The Morgan fingerprint density at radius 1 is 0.875 bits per heavy atom. The lowest BCUT2D eigenvalue weighted by molar-refractivity contribution is -0.143. The average Bonchev–Trinajstić information content (AvgIpc) is 2.70. The number of nitrogens with zero attached hydrogens (tertiary/aromatic N) is 1. The fourth-order valence-electron chi connectivity index (χ4n) is 2.91. The molecule has 3 aromatic rings. The second-order valence-corrected chi connectivity index (χ2v) is 7.92. The van der Waals surface area contributed by atoms with Crippen LogP contribution in [0, 0.1) is 0 Å². The lowest BCUT2D eigenvalue weighted by Gasteiger charge is -2.14. The molecular formula is C20H8BrCl2F6NO2. The second-order valence-electron chi connectivity index (χ2n) is 6.52. The maximum absolute atomic E-state index is 13.1. The van der Waals surface area contributed by atoms with Crippen LogP contribution in [-0.4, -0.2) is 21.9 Å². The molecule has 0 bridgehead atoms. The zero-order chi connectivity index (χ0) is 24.0. The van der Waals surface area contributed by atoms with Crippen LogP contribution in [0.4, 0.5) is 26.3 Å². The average molecular weight is 559 g/mol. The number of benzene rings is 2. The van der Waals surface area contributed by atoms with Crippen molar-refractivity contribution in [3.8, 4) is 0 Å². The molecule has 32 heavy (non-hydrogen) atoms. The van der Waals surface area contributed by atoms with Crippen LogP contribution in [-0.2, 0) is 12.4 Å². The first-order valence-electron chi connectivity index (χ1n) is 8.45. The van der Waals surface area contributed by atoms with Gasteiger partial charge in [-0.05, 0) is 36.4 Å². The summed E-state index contributed by atoms with van der Waals surface area (Å²) < 4.78 is 78.9. The van der Waals surface area contributed by atoms with Gasteiger partial charge in [-0.1, -0.05) is 39.1 Å². The van der Waals surface area contributed by atoms with Crippen molar-refractivity contribution in [3.63, 3.8) is 0 Å². The monoisotopic (exact) mass is 557 g/mol. The van der Waals surface area contributed by atoms with E-state index < -0.39 is 46.3 Å². The molecule has 0 aliphatic rings. The van der Waals surface area contributed by atoms with Crippen molar-refractivity contribution in [3.05, 3.63) is 74.4 Å². The summed E-state index contributed by atoms with van der Waals surface area (Å²) in [6.45, 7) is 0. The number of pyridine rings is 1. The van der Waals surface area contributed by atoms with Gasteiger partial charge in [-0.2, -0.15) is 26.3 Å². The molecule has 12 heteroatoms. The van der Waals surface area contributed by atoms with Gasteiger partial charge in [-0.25, -0.2) is 4.98 Å². The molecule has 0 unspecified atom stereocenters. The third kappa shape index (κ3) is 4.92. The van der Waals surface area contributed by atoms with E-state index >= 15 is 0 Å². The lowest BCUT2D eigenvalue weighted by Crippen LogP contribution is -2.15. The maximum atomic E-state index is 13.1. The van der Waals surface area contributed by atoms with Crippen molar-refractivity contribution in [2.75, 3.05) is 5.33 Å². The topological polar surface area (TPSA) is 47.0 Å². The SMILES string of the molecule is O=C(c1cc(C(F)(F)F)cc(C(F)(F)F)c1)c1cc(C(=O)CBr)c2cc(Cl)cc(Cl)c2n1. The van der Waals surface area contributed by atoms with Crippen LogP contribution in [0.3, 0.4) is 0 Å². The zero-order valence-corrected chi connectivity index (χ0v) is 18.4. The van der Waals surface area contributed by atoms with Crippen LogP contribution in [0.2, 0.25) is 10.0 Å². The highest BCUT2D eigenvalue weighted by Crippen LogP contribution is 2.37. The van der Waals surface area contributed by atoms with Gasteiger partial charge in [0.2, 0.25) is 5.78 Å². The number of hydrogen-bond donors (Lipinski definition) is 0. The summed E-state index contributed by atoms with van der Waals surface area (Å²) in [5.74, 6) is -1.79. The van der Waals surface area contributed by atoms with Crippen LogP contribution in [0.25, 0.3) is 10.9 Å². The molecule has 0 spiro atoms. The van der Waals surface area contributed by atoms with Crippen molar-refractivity contribution in [1.82, 2.24) is 4.98 Å². The van der Waals surface area contributed by atoms with Crippen LogP contribution in [0.1, 0.15) is 37.5 Å². The van der Waals surface area contributed by atoms with Crippen LogP contribution < -0.4 is 0 Å². The molecule has 0 N–H and O–H groups in total. The van der Waals surface area contributed by atoms with E-state index in [1.165, 1.54) is 12.1 Å². The highest BCUT2D eigenvalue weighted by atomic mass is 79.9. The van der Waals surface area contributed by atoms with E-state index in [0.717, 1.165) is 6.07 Å². The third-order valence-corrected chi connectivity index (χ3v) is 5.35. The van der Waals surface area contributed by atoms with Crippen molar-refractivity contribution in [2.24, 2.45) is 0 Å². The van der Waals surface area contributed by atoms with E-state index in [-0.39, 0.29) is 37.9 Å². The molecule has 168 valence electrons. The van der Waals surface area contributed by atoms with Crippen molar-refractivity contribution in [2.45, 2.75) is 12.4 Å². The number of fused-ring (bicyclic) bond motifs is 1. The first-order valence-corrected chi connectivity index (χ1v) is 10.3. The highest BCUT2D eigenvalue weighted by Gasteiger charge is 2.37. The summed E-state index contributed by atoms with van der Waals surface area (Å²) in [7, 11) is 0. The van der Waals surface area contributed by atoms with Gasteiger partial charge < -0.3 is 0 Å². The minimum atomic E-state index is -5.13. The lowest BCUT2D eigenvalue weighted by atomic mass is 9.98. The largest absolute Gasteiger partial charge is 0.416 e. The number of alkyl halides is 7. The molecular weight excluding hydrogens is 551 g/mol. The number of carbonyl (C=O) groups excluding carboxylic acids is 2. The number of hydrogen-bond acceptors (Lipinski definition) is 3. The molecule has 2 aromatic carbocycles. The summed E-state index contributed by atoms with van der Waals surface area (Å²) in [6, 6.07) is 4.09. The summed E-state index contributed by atoms with van der Waals surface area (Å²) in [4.78, 5) is 29.2. The Morgan fingerprint density at radius 2 is 1.44 bits per heavy atom. The van der Waals surface area contributed by atoms with E-state index in [1.54, 1.807) is 0 Å². The van der Waals surface area contributed by atoms with Crippen LogP contribution >= 0.6 is 39.1 Å². The Hall–Kier alpha value is -2.17. The number of carbonyl (C=O) groups is 2. The van der Waals surface area contributed by atoms with E-state index in [4.69, 9.17) is 23.2 Å². The standard InChI is InChI=1S/C20H8BrCl2F6NO2/c21-7-16(31)12-6-15(30-17-13(12)4-11(22)5-14(17)23)18(32)8-1-9(19(24,25)26)3-10(2-8)20(27,28)29/h1-6H,7H2. The van der Waals surface area contributed by atoms with E-state index in [9.17, 15) is 35.9 Å².